The first kappa shape index (κ1) is 15.2. The van der Waals surface area contributed by atoms with Crippen molar-refractivity contribution in [2.45, 2.75) is 25.7 Å². The molecule has 1 atom stereocenters. The topological polar surface area (TPSA) is 62.3 Å². The second-order valence-corrected chi connectivity index (χ2v) is 5.50. The molecule has 5 heteroatoms. The monoisotopic (exact) mass is 287 g/mol. The average molecular weight is 287 g/mol. The minimum absolute atomic E-state index is 0.0364. The van der Waals surface area contributed by atoms with Crippen LogP contribution in [0.4, 0.5) is 5.82 Å². The van der Waals surface area contributed by atoms with Gasteiger partial charge in [-0.2, -0.15) is 0 Å². The van der Waals surface area contributed by atoms with Crippen LogP contribution in [0.1, 0.15) is 36.0 Å². The van der Waals surface area contributed by atoms with Crippen molar-refractivity contribution < 1.29 is 9.59 Å². The molecule has 21 heavy (non-hydrogen) atoms. The third-order valence-electron chi connectivity index (χ3n) is 3.49. The molecular weight excluding hydrogens is 266 g/mol. The number of pyridine rings is 1. The fraction of sp³-hybridized carbons (Fsp3) is 0.438. The molecule has 1 aliphatic rings. The fourth-order valence-electron chi connectivity index (χ4n) is 2.34. The molecule has 1 N–H and O–H groups in total. The summed E-state index contributed by atoms with van der Waals surface area (Å²) < 4.78 is 0. The highest BCUT2D eigenvalue weighted by Crippen LogP contribution is 2.20. The standard InChI is InChI=1S/C16H21N3O2/c1-19(2)16(21)13-8-9-14(17-11-13)18-15(20)10-12-6-4-3-5-7-12/h4,6,8-9,11-12H,3,5,7,10H2,1-2H3,(H,17,18,20). The molecule has 2 amide bonds. The van der Waals surface area contributed by atoms with Gasteiger partial charge < -0.3 is 10.2 Å². The van der Waals surface area contributed by atoms with Crippen molar-refractivity contribution in [3.63, 3.8) is 0 Å². The zero-order chi connectivity index (χ0) is 15.2. The van der Waals surface area contributed by atoms with Crippen LogP contribution in [-0.4, -0.2) is 35.8 Å². The molecule has 1 aromatic heterocycles. The van der Waals surface area contributed by atoms with Crippen molar-refractivity contribution >= 4 is 17.6 Å². The summed E-state index contributed by atoms with van der Waals surface area (Å²) in [5.41, 5.74) is 0.508. The Balaban J connectivity index is 1.90. The number of allylic oxidation sites excluding steroid dienone is 2. The van der Waals surface area contributed by atoms with Gasteiger partial charge in [0.1, 0.15) is 5.82 Å². The third-order valence-corrected chi connectivity index (χ3v) is 3.49. The van der Waals surface area contributed by atoms with Crippen LogP contribution in [0.25, 0.3) is 0 Å². The van der Waals surface area contributed by atoms with Crippen LogP contribution in [0.3, 0.4) is 0 Å². The Morgan fingerprint density at radius 3 is 2.76 bits per heavy atom. The van der Waals surface area contributed by atoms with E-state index < -0.39 is 0 Å². The summed E-state index contributed by atoms with van der Waals surface area (Å²) >= 11 is 0. The molecule has 0 spiro atoms. The number of hydrogen-bond acceptors (Lipinski definition) is 3. The maximum Gasteiger partial charge on any atom is 0.254 e. The minimum atomic E-state index is -0.104. The molecular formula is C16H21N3O2. The van der Waals surface area contributed by atoms with Crippen LogP contribution in [0.15, 0.2) is 30.5 Å². The van der Waals surface area contributed by atoms with Gasteiger partial charge in [0, 0.05) is 26.7 Å². The molecule has 0 aliphatic heterocycles. The van der Waals surface area contributed by atoms with Gasteiger partial charge in [0.2, 0.25) is 5.91 Å². The molecule has 2 rings (SSSR count). The Labute approximate surface area is 125 Å². The van der Waals surface area contributed by atoms with Crippen LogP contribution < -0.4 is 5.32 Å². The lowest BCUT2D eigenvalue weighted by Gasteiger charge is -2.15. The van der Waals surface area contributed by atoms with Gasteiger partial charge in [0.25, 0.3) is 5.91 Å². The second-order valence-electron chi connectivity index (χ2n) is 5.50. The molecule has 1 aromatic rings. The van der Waals surface area contributed by atoms with E-state index in [4.69, 9.17) is 0 Å². The van der Waals surface area contributed by atoms with E-state index in [0.29, 0.717) is 23.7 Å². The zero-order valence-corrected chi connectivity index (χ0v) is 12.5. The molecule has 0 fully saturated rings. The molecule has 1 heterocycles. The Morgan fingerprint density at radius 2 is 2.19 bits per heavy atom. The first-order valence-electron chi connectivity index (χ1n) is 7.20. The normalized spacial score (nSPS) is 17.3. The molecule has 0 aromatic carbocycles. The van der Waals surface area contributed by atoms with Gasteiger partial charge in [-0.05, 0) is 37.3 Å². The van der Waals surface area contributed by atoms with E-state index >= 15 is 0 Å². The molecule has 0 saturated carbocycles. The van der Waals surface area contributed by atoms with Crippen molar-refractivity contribution in [1.82, 2.24) is 9.88 Å². The summed E-state index contributed by atoms with van der Waals surface area (Å²) in [5, 5.41) is 2.78. The number of carbonyl (C=O) groups excluding carboxylic acids is 2. The summed E-state index contributed by atoms with van der Waals surface area (Å²) in [6, 6.07) is 3.33. The van der Waals surface area contributed by atoms with Gasteiger partial charge in [-0.3, -0.25) is 9.59 Å². The van der Waals surface area contributed by atoms with E-state index in [9.17, 15) is 9.59 Å². The van der Waals surface area contributed by atoms with Crippen LogP contribution in [0, 0.1) is 5.92 Å². The zero-order valence-electron chi connectivity index (χ0n) is 12.5. The number of hydrogen-bond donors (Lipinski definition) is 1. The first-order chi connectivity index (χ1) is 10.1. The lowest BCUT2D eigenvalue weighted by Crippen LogP contribution is -2.22. The number of nitrogens with zero attached hydrogens (tertiary/aromatic N) is 2. The molecule has 0 bridgehead atoms. The van der Waals surface area contributed by atoms with E-state index in [0.717, 1.165) is 19.3 Å². The van der Waals surface area contributed by atoms with Crippen LogP contribution in [0.2, 0.25) is 0 Å². The maximum absolute atomic E-state index is 11.9. The van der Waals surface area contributed by atoms with Gasteiger partial charge in [-0.25, -0.2) is 4.98 Å². The molecule has 1 aliphatic carbocycles. The summed E-state index contributed by atoms with van der Waals surface area (Å²) in [7, 11) is 3.38. The molecule has 1 unspecified atom stereocenters. The van der Waals surface area contributed by atoms with E-state index in [1.165, 1.54) is 11.1 Å². The van der Waals surface area contributed by atoms with Gasteiger partial charge in [0.05, 0.1) is 5.56 Å². The number of aromatic nitrogens is 1. The van der Waals surface area contributed by atoms with E-state index in [1.54, 1.807) is 26.2 Å². The highest BCUT2D eigenvalue weighted by atomic mass is 16.2. The lowest BCUT2D eigenvalue weighted by atomic mass is 9.93. The molecule has 5 nitrogen and oxygen atoms in total. The largest absolute Gasteiger partial charge is 0.345 e. The molecule has 112 valence electrons. The number of rotatable bonds is 4. The van der Waals surface area contributed by atoms with Gasteiger partial charge in [-0.15, -0.1) is 0 Å². The van der Waals surface area contributed by atoms with Gasteiger partial charge >= 0.3 is 0 Å². The van der Waals surface area contributed by atoms with Crippen molar-refractivity contribution in [1.29, 1.82) is 0 Å². The summed E-state index contributed by atoms with van der Waals surface area (Å²) in [5.74, 6) is 0.668. The molecule has 0 radical (unpaired) electrons. The first-order valence-corrected chi connectivity index (χ1v) is 7.20. The Morgan fingerprint density at radius 1 is 1.38 bits per heavy atom. The Kier molecular flexibility index (Phi) is 5.09. The van der Waals surface area contributed by atoms with Crippen molar-refractivity contribution in [3.05, 3.63) is 36.0 Å². The highest BCUT2D eigenvalue weighted by Gasteiger charge is 2.14. The third kappa shape index (κ3) is 4.41. The Bertz CT molecular complexity index is 535. The minimum Gasteiger partial charge on any atom is -0.345 e. The van der Waals surface area contributed by atoms with Crippen molar-refractivity contribution in [2.75, 3.05) is 19.4 Å². The second kappa shape index (κ2) is 7.02. The average Bonchev–Trinajstić information content (AvgIpc) is 2.48. The highest BCUT2D eigenvalue weighted by molar-refractivity contribution is 5.94. The summed E-state index contributed by atoms with van der Waals surface area (Å²) in [6.45, 7) is 0. The van der Waals surface area contributed by atoms with Crippen LogP contribution >= 0.6 is 0 Å². The predicted molar refractivity (Wildman–Crippen MR) is 82.0 cm³/mol. The van der Waals surface area contributed by atoms with Gasteiger partial charge in [-0.1, -0.05) is 12.2 Å². The smallest absolute Gasteiger partial charge is 0.254 e. The number of anilines is 1. The predicted octanol–water partition coefficient (Wildman–Crippen LogP) is 2.47. The van der Waals surface area contributed by atoms with E-state index in [1.807, 2.05) is 0 Å². The van der Waals surface area contributed by atoms with E-state index in [-0.39, 0.29) is 11.8 Å². The summed E-state index contributed by atoms with van der Waals surface area (Å²) in [4.78, 5) is 29.3. The number of carbonyl (C=O) groups is 2. The SMILES string of the molecule is CN(C)C(=O)c1ccc(NC(=O)CC2C=CCCC2)nc1. The molecule has 0 saturated heterocycles. The van der Waals surface area contributed by atoms with Crippen LogP contribution in [0.5, 0.6) is 0 Å². The number of nitrogens with one attached hydrogen (secondary N) is 1. The quantitative estimate of drug-likeness (QED) is 0.865. The van der Waals surface area contributed by atoms with E-state index in [2.05, 4.69) is 22.5 Å². The van der Waals surface area contributed by atoms with Gasteiger partial charge in [0.15, 0.2) is 0 Å². The maximum atomic E-state index is 11.9. The van der Waals surface area contributed by atoms with Crippen LogP contribution in [-0.2, 0) is 4.79 Å². The number of amides is 2. The Hall–Kier alpha value is -2.17. The van der Waals surface area contributed by atoms with Crippen molar-refractivity contribution in [3.8, 4) is 0 Å². The fourth-order valence-corrected chi connectivity index (χ4v) is 2.34. The van der Waals surface area contributed by atoms with Crippen molar-refractivity contribution in [2.24, 2.45) is 5.92 Å². The lowest BCUT2D eigenvalue weighted by molar-refractivity contribution is -0.116. The summed E-state index contributed by atoms with van der Waals surface area (Å²) in [6.07, 6.45) is 9.55.